The van der Waals surface area contributed by atoms with Gasteiger partial charge >= 0.3 is 0 Å². The van der Waals surface area contributed by atoms with Crippen LogP contribution in [-0.2, 0) is 16.4 Å². The van der Waals surface area contributed by atoms with Crippen LogP contribution >= 0.6 is 15.9 Å². The van der Waals surface area contributed by atoms with Gasteiger partial charge in [-0.3, -0.25) is 4.90 Å². The van der Waals surface area contributed by atoms with Gasteiger partial charge in [0.25, 0.3) is 0 Å². The first-order valence-corrected chi connectivity index (χ1v) is 11.2. The molecule has 1 aliphatic carbocycles. The second-order valence-corrected chi connectivity index (χ2v) is 9.94. The molecule has 1 aromatic carbocycles. The highest BCUT2D eigenvalue weighted by Gasteiger charge is 2.35. The Bertz CT molecular complexity index is 834. The van der Waals surface area contributed by atoms with E-state index in [0.717, 1.165) is 35.7 Å². The fraction of sp³-hybridized carbons (Fsp3) is 0.500. The predicted molar refractivity (Wildman–Crippen MR) is 102 cm³/mol. The van der Waals surface area contributed by atoms with E-state index in [2.05, 4.69) is 25.8 Å². The maximum atomic E-state index is 12.1. The molecule has 0 amide bonds. The van der Waals surface area contributed by atoms with Gasteiger partial charge in [0.05, 0.1) is 18.0 Å². The van der Waals surface area contributed by atoms with E-state index in [0.29, 0.717) is 18.2 Å². The average molecular weight is 427 g/mol. The second kappa shape index (κ2) is 7.60. The van der Waals surface area contributed by atoms with Crippen LogP contribution in [0.5, 0.6) is 0 Å². The minimum atomic E-state index is -3.05. The number of hydrogen-bond donors (Lipinski definition) is 0. The first-order chi connectivity index (χ1) is 11.8. The molecule has 1 fully saturated rings. The number of rotatable bonds is 5. The van der Waals surface area contributed by atoms with Crippen LogP contribution in [0.1, 0.15) is 31.6 Å². The highest BCUT2D eigenvalue weighted by molar-refractivity contribution is 9.10. The van der Waals surface area contributed by atoms with Crippen molar-refractivity contribution >= 4 is 25.8 Å². The molecular formula is C18H23BrN2O3S. The van der Waals surface area contributed by atoms with Crippen LogP contribution in [0.2, 0.25) is 0 Å². The van der Waals surface area contributed by atoms with Crippen LogP contribution < -0.4 is 0 Å². The highest BCUT2D eigenvalue weighted by atomic mass is 79.9. The number of sulfone groups is 1. The molecule has 5 nitrogen and oxygen atoms in total. The van der Waals surface area contributed by atoms with Crippen LogP contribution in [0.15, 0.2) is 39.4 Å². The van der Waals surface area contributed by atoms with Crippen molar-refractivity contribution in [1.29, 1.82) is 0 Å². The maximum Gasteiger partial charge on any atom is 0.209 e. The molecule has 0 N–H and O–H groups in total. The zero-order valence-corrected chi connectivity index (χ0v) is 16.9. The summed E-state index contributed by atoms with van der Waals surface area (Å²) >= 11 is 3.46. The predicted octanol–water partition coefficient (Wildman–Crippen LogP) is 3.89. The first kappa shape index (κ1) is 18.6. The lowest BCUT2D eigenvalue weighted by molar-refractivity contribution is 0.173. The molecule has 1 aliphatic rings. The Morgan fingerprint density at radius 1 is 1.32 bits per heavy atom. The van der Waals surface area contributed by atoms with E-state index in [1.807, 2.05) is 31.3 Å². The molecule has 0 aliphatic heterocycles. The molecule has 136 valence electrons. The van der Waals surface area contributed by atoms with E-state index < -0.39 is 9.84 Å². The Balaban J connectivity index is 1.74. The fourth-order valence-corrected chi connectivity index (χ4v) is 5.48. The zero-order chi connectivity index (χ0) is 18.0. The molecule has 0 bridgehead atoms. The van der Waals surface area contributed by atoms with Crippen molar-refractivity contribution in [2.24, 2.45) is 0 Å². The van der Waals surface area contributed by atoms with Crippen molar-refractivity contribution < 1.29 is 12.8 Å². The molecule has 1 aromatic heterocycles. The number of hydrogen-bond acceptors (Lipinski definition) is 5. The maximum absolute atomic E-state index is 12.1. The van der Waals surface area contributed by atoms with E-state index in [1.165, 1.54) is 6.26 Å². The van der Waals surface area contributed by atoms with Gasteiger partial charge in [0.15, 0.2) is 15.6 Å². The lowest BCUT2D eigenvalue weighted by Gasteiger charge is -2.36. The van der Waals surface area contributed by atoms with Crippen LogP contribution in [-0.4, -0.2) is 42.9 Å². The summed E-state index contributed by atoms with van der Waals surface area (Å²) in [5.74, 6) is 1.32. The van der Waals surface area contributed by atoms with Gasteiger partial charge in [-0.1, -0.05) is 40.9 Å². The van der Waals surface area contributed by atoms with E-state index >= 15 is 0 Å². The number of benzene rings is 1. The van der Waals surface area contributed by atoms with Gasteiger partial charge < -0.3 is 4.42 Å². The van der Waals surface area contributed by atoms with Crippen molar-refractivity contribution in [2.75, 3.05) is 13.3 Å². The Morgan fingerprint density at radius 3 is 2.80 bits per heavy atom. The summed E-state index contributed by atoms with van der Waals surface area (Å²) in [6.45, 7) is 0.505. The number of nitrogens with zero attached hydrogens (tertiary/aromatic N) is 2. The van der Waals surface area contributed by atoms with Crippen LogP contribution in [0, 0.1) is 0 Å². The monoisotopic (exact) mass is 426 g/mol. The van der Waals surface area contributed by atoms with E-state index in [9.17, 15) is 8.42 Å². The van der Waals surface area contributed by atoms with Crippen molar-refractivity contribution in [1.82, 2.24) is 9.88 Å². The van der Waals surface area contributed by atoms with Gasteiger partial charge in [0, 0.05) is 22.3 Å². The molecule has 7 heteroatoms. The molecule has 0 unspecified atom stereocenters. The minimum absolute atomic E-state index is 0.0185. The molecule has 1 saturated carbocycles. The van der Waals surface area contributed by atoms with Crippen molar-refractivity contribution in [2.45, 2.75) is 43.5 Å². The van der Waals surface area contributed by atoms with Crippen LogP contribution in [0.25, 0.3) is 11.3 Å². The second-order valence-electron chi connectivity index (χ2n) is 6.76. The summed E-state index contributed by atoms with van der Waals surface area (Å²) in [5, 5.41) is -0.300. The van der Waals surface area contributed by atoms with Gasteiger partial charge in [-0.2, -0.15) is 0 Å². The third-order valence-corrected chi connectivity index (χ3v) is 6.97. The number of halogens is 1. The normalized spacial score (nSPS) is 21.6. The topological polar surface area (TPSA) is 63.4 Å². The van der Waals surface area contributed by atoms with Crippen molar-refractivity contribution in [3.63, 3.8) is 0 Å². The van der Waals surface area contributed by atoms with Gasteiger partial charge in [-0.05, 0) is 32.0 Å². The summed E-state index contributed by atoms with van der Waals surface area (Å²) in [4.78, 5) is 6.44. The van der Waals surface area contributed by atoms with Crippen molar-refractivity contribution in [3.8, 4) is 11.3 Å². The molecule has 0 spiro atoms. The molecule has 0 radical (unpaired) electrons. The molecule has 2 atom stereocenters. The van der Waals surface area contributed by atoms with Crippen molar-refractivity contribution in [3.05, 3.63) is 40.8 Å². The number of oxazole rings is 1. The zero-order valence-electron chi connectivity index (χ0n) is 14.5. The molecule has 2 aromatic rings. The lowest BCUT2D eigenvalue weighted by atomic mass is 9.94. The van der Waals surface area contributed by atoms with Crippen LogP contribution in [0.3, 0.4) is 0 Å². The Hall–Kier alpha value is -1.18. The summed E-state index contributed by atoms with van der Waals surface area (Å²) in [7, 11) is -1.10. The molecule has 3 rings (SSSR count). The number of aromatic nitrogens is 1. The largest absolute Gasteiger partial charge is 0.439 e. The summed E-state index contributed by atoms with van der Waals surface area (Å²) < 4.78 is 31.1. The summed E-state index contributed by atoms with van der Waals surface area (Å²) in [6, 6.07) is 7.88. The third-order valence-electron chi connectivity index (χ3n) is 4.83. The molecule has 1 heterocycles. The smallest absolute Gasteiger partial charge is 0.209 e. The first-order valence-electron chi connectivity index (χ1n) is 8.44. The highest BCUT2D eigenvalue weighted by Crippen LogP contribution is 2.29. The van der Waals surface area contributed by atoms with E-state index in [4.69, 9.17) is 4.42 Å². The third kappa shape index (κ3) is 4.51. The minimum Gasteiger partial charge on any atom is -0.439 e. The van der Waals surface area contributed by atoms with E-state index in [-0.39, 0.29) is 11.3 Å². The Kier molecular flexibility index (Phi) is 5.65. The average Bonchev–Trinajstić information content (AvgIpc) is 3.02. The standard InChI is InChI=1S/C18H23BrN2O3S/c1-21(15-8-3-4-9-17(15)25(2,22)23)12-18-20-11-16(24-18)13-6-5-7-14(19)10-13/h5-7,10-11,15,17H,3-4,8-9,12H2,1-2H3/t15-,17+/m0/s1. The summed E-state index contributed by atoms with van der Waals surface area (Å²) in [6.07, 6.45) is 6.75. The fourth-order valence-electron chi connectivity index (χ4n) is 3.57. The van der Waals surface area contributed by atoms with Crippen LogP contribution in [0.4, 0.5) is 0 Å². The molecule has 25 heavy (non-hydrogen) atoms. The quantitative estimate of drug-likeness (QED) is 0.725. The molecule has 0 saturated heterocycles. The van der Waals surface area contributed by atoms with Gasteiger partial charge in [-0.25, -0.2) is 13.4 Å². The van der Waals surface area contributed by atoms with E-state index in [1.54, 1.807) is 6.20 Å². The summed E-state index contributed by atoms with van der Waals surface area (Å²) in [5.41, 5.74) is 0.961. The SMILES string of the molecule is CN(Cc1ncc(-c2cccc(Br)c2)o1)[C@H]1CCCC[C@H]1S(C)(=O)=O. The molecular weight excluding hydrogens is 404 g/mol. The van der Waals surface area contributed by atoms with Gasteiger partial charge in [-0.15, -0.1) is 0 Å². The Morgan fingerprint density at radius 2 is 2.08 bits per heavy atom. The lowest BCUT2D eigenvalue weighted by Crippen LogP contribution is -2.46. The van der Waals surface area contributed by atoms with Gasteiger partial charge in [0.1, 0.15) is 0 Å². The van der Waals surface area contributed by atoms with Gasteiger partial charge in [0.2, 0.25) is 5.89 Å². The Labute approximate surface area is 157 Å².